The van der Waals surface area contributed by atoms with Crippen LogP contribution in [0.15, 0.2) is 24.3 Å². The third-order valence-corrected chi connectivity index (χ3v) is 5.16. The monoisotopic (exact) mass is 330 g/mol. The molecule has 1 atom stereocenters. The van der Waals surface area contributed by atoms with E-state index in [0.29, 0.717) is 6.42 Å². The Bertz CT molecular complexity index is 543. The molecule has 1 heterocycles. The Morgan fingerprint density at radius 3 is 2.33 bits per heavy atom. The van der Waals surface area contributed by atoms with Crippen molar-refractivity contribution in [2.45, 2.75) is 25.1 Å². The first-order chi connectivity index (χ1) is 8.49. The molecule has 0 N–H and O–H groups in total. The summed E-state index contributed by atoms with van der Waals surface area (Å²) in [6.07, 6.45) is 0.319. The van der Waals surface area contributed by atoms with E-state index in [1.165, 1.54) is 23.1 Å². The second-order valence-corrected chi connectivity index (χ2v) is 6.67. The van der Waals surface area contributed by atoms with E-state index in [2.05, 4.69) is 22.0 Å². The summed E-state index contributed by atoms with van der Waals surface area (Å²) in [7, 11) is 0. The molecule has 0 amide bonds. The summed E-state index contributed by atoms with van der Waals surface area (Å²) in [6, 6.07) is 6.07. The molecule has 0 bridgehead atoms. The minimum atomic E-state index is -0.481. The second kappa shape index (κ2) is 5.49. The topological polar surface area (TPSA) is 0 Å². The Kier molecular flexibility index (Phi) is 4.17. The predicted molar refractivity (Wildman–Crippen MR) is 75.5 cm³/mol. The minimum Gasteiger partial charge on any atom is -0.207 e. The van der Waals surface area contributed by atoms with Crippen LogP contribution in [0.1, 0.15) is 25.7 Å². The van der Waals surface area contributed by atoms with Crippen LogP contribution in [-0.2, 0) is 6.42 Å². The van der Waals surface area contributed by atoms with Gasteiger partial charge in [0, 0.05) is 15.3 Å². The Balaban J connectivity index is 2.26. The average molecular weight is 331 g/mol. The molecule has 0 aliphatic rings. The third kappa shape index (κ3) is 2.81. The summed E-state index contributed by atoms with van der Waals surface area (Å²) in [5, 5.41) is 0. The van der Waals surface area contributed by atoms with Gasteiger partial charge in [-0.15, -0.1) is 11.3 Å². The van der Waals surface area contributed by atoms with E-state index in [0.717, 1.165) is 10.4 Å². The summed E-state index contributed by atoms with van der Waals surface area (Å²) >= 11 is 5.19. The molecule has 96 valence electrons. The van der Waals surface area contributed by atoms with E-state index in [4.69, 9.17) is 0 Å². The molecule has 1 aromatic carbocycles. The van der Waals surface area contributed by atoms with E-state index >= 15 is 0 Å². The fourth-order valence-electron chi connectivity index (χ4n) is 1.97. The molecule has 0 fully saturated rings. The van der Waals surface area contributed by atoms with Crippen molar-refractivity contribution in [1.82, 2.24) is 0 Å². The van der Waals surface area contributed by atoms with E-state index in [-0.39, 0.29) is 10.4 Å². The van der Waals surface area contributed by atoms with Crippen molar-refractivity contribution in [2.75, 3.05) is 0 Å². The molecule has 1 unspecified atom stereocenters. The number of benzene rings is 1. The molecule has 4 heteroatoms. The van der Waals surface area contributed by atoms with Gasteiger partial charge in [0.25, 0.3) is 0 Å². The van der Waals surface area contributed by atoms with E-state index < -0.39 is 11.6 Å². The lowest BCUT2D eigenvalue weighted by atomic mass is 10.1. The SMILES string of the molecule is Cc1cc(C)c(C(Br)Cc2c(F)cccc2F)s1. The zero-order chi connectivity index (χ0) is 13.3. The van der Waals surface area contributed by atoms with Crippen LogP contribution in [0.3, 0.4) is 0 Å². The van der Waals surface area contributed by atoms with Crippen LogP contribution in [0.25, 0.3) is 0 Å². The van der Waals surface area contributed by atoms with Gasteiger partial charge in [-0.1, -0.05) is 22.0 Å². The van der Waals surface area contributed by atoms with Crippen LogP contribution in [-0.4, -0.2) is 0 Å². The molecule has 1 aromatic heterocycles. The predicted octanol–water partition coefficient (Wildman–Crippen LogP) is 5.32. The number of hydrogen-bond acceptors (Lipinski definition) is 1. The second-order valence-electron chi connectivity index (χ2n) is 4.28. The van der Waals surface area contributed by atoms with Gasteiger partial charge in [-0.25, -0.2) is 8.78 Å². The van der Waals surface area contributed by atoms with Crippen molar-refractivity contribution in [3.8, 4) is 0 Å². The van der Waals surface area contributed by atoms with Crippen molar-refractivity contribution < 1.29 is 8.78 Å². The molecule has 0 aliphatic carbocycles. The fraction of sp³-hybridized carbons (Fsp3) is 0.286. The first kappa shape index (κ1) is 13.7. The highest BCUT2D eigenvalue weighted by Gasteiger charge is 2.18. The highest BCUT2D eigenvalue weighted by Crippen LogP contribution is 2.36. The van der Waals surface area contributed by atoms with Crippen LogP contribution in [0.5, 0.6) is 0 Å². The number of hydrogen-bond donors (Lipinski definition) is 0. The maximum absolute atomic E-state index is 13.6. The normalized spacial score (nSPS) is 12.7. The van der Waals surface area contributed by atoms with E-state index in [1.54, 1.807) is 11.3 Å². The minimum absolute atomic E-state index is 0.0531. The number of alkyl halides is 1. The van der Waals surface area contributed by atoms with Crippen molar-refractivity contribution in [3.63, 3.8) is 0 Å². The summed E-state index contributed by atoms with van der Waals surface area (Å²) in [4.78, 5) is 2.29. The molecule has 2 rings (SSSR count). The van der Waals surface area contributed by atoms with Gasteiger partial charge in [-0.05, 0) is 44.0 Å². The fourth-order valence-corrected chi connectivity index (χ4v) is 3.95. The first-order valence-corrected chi connectivity index (χ1v) is 7.36. The summed E-state index contributed by atoms with van der Waals surface area (Å²) in [6.45, 7) is 4.05. The Hall–Kier alpha value is -0.740. The van der Waals surface area contributed by atoms with Crippen molar-refractivity contribution >= 4 is 27.3 Å². The van der Waals surface area contributed by atoms with Crippen LogP contribution >= 0.6 is 27.3 Å². The lowest BCUT2D eigenvalue weighted by molar-refractivity contribution is 0.554. The Labute approximate surface area is 118 Å². The summed E-state index contributed by atoms with van der Waals surface area (Å²) in [5.74, 6) is -0.962. The van der Waals surface area contributed by atoms with Crippen molar-refractivity contribution in [3.05, 3.63) is 56.8 Å². The van der Waals surface area contributed by atoms with Gasteiger partial charge in [0.15, 0.2) is 0 Å². The molecule has 0 saturated heterocycles. The lowest BCUT2D eigenvalue weighted by Crippen LogP contribution is -2.00. The zero-order valence-electron chi connectivity index (χ0n) is 10.1. The molecule has 18 heavy (non-hydrogen) atoms. The van der Waals surface area contributed by atoms with Crippen LogP contribution in [0.4, 0.5) is 8.78 Å². The van der Waals surface area contributed by atoms with Crippen LogP contribution in [0, 0.1) is 25.5 Å². The summed E-state index contributed by atoms with van der Waals surface area (Å²) in [5.41, 5.74) is 1.31. The van der Waals surface area contributed by atoms with Crippen LogP contribution in [0.2, 0.25) is 0 Å². The molecular weight excluding hydrogens is 318 g/mol. The smallest absolute Gasteiger partial charge is 0.129 e. The molecule has 0 nitrogen and oxygen atoms in total. The first-order valence-electron chi connectivity index (χ1n) is 5.63. The summed E-state index contributed by atoms with van der Waals surface area (Å²) < 4.78 is 27.1. The standard InChI is InChI=1S/C14H13BrF2S/c1-8-6-9(2)18-14(8)11(15)7-10-12(16)4-3-5-13(10)17/h3-6,11H,7H2,1-2H3. The molecular formula is C14H13BrF2S. The Morgan fingerprint density at radius 1 is 1.22 bits per heavy atom. The van der Waals surface area contributed by atoms with E-state index in [9.17, 15) is 8.78 Å². The van der Waals surface area contributed by atoms with E-state index in [1.807, 2.05) is 13.8 Å². The quantitative estimate of drug-likeness (QED) is 0.668. The third-order valence-electron chi connectivity index (χ3n) is 2.81. The maximum atomic E-state index is 13.6. The zero-order valence-corrected chi connectivity index (χ0v) is 12.5. The van der Waals surface area contributed by atoms with Gasteiger partial charge < -0.3 is 0 Å². The largest absolute Gasteiger partial charge is 0.207 e. The highest BCUT2D eigenvalue weighted by molar-refractivity contribution is 9.09. The number of halogens is 3. The highest BCUT2D eigenvalue weighted by atomic mass is 79.9. The van der Waals surface area contributed by atoms with Gasteiger partial charge in [0.2, 0.25) is 0 Å². The van der Waals surface area contributed by atoms with Gasteiger partial charge in [-0.2, -0.15) is 0 Å². The molecule has 0 saturated carbocycles. The lowest BCUT2D eigenvalue weighted by Gasteiger charge is -2.11. The van der Waals surface area contributed by atoms with Gasteiger partial charge in [0.1, 0.15) is 11.6 Å². The maximum Gasteiger partial charge on any atom is 0.129 e. The number of thiophene rings is 1. The Morgan fingerprint density at radius 2 is 1.83 bits per heavy atom. The van der Waals surface area contributed by atoms with Gasteiger partial charge in [0.05, 0.1) is 4.83 Å². The van der Waals surface area contributed by atoms with Gasteiger partial charge >= 0.3 is 0 Å². The van der Waals surface area contributed by atoms with Crippen LogP contribution < -0.4 is 0 Å². The molecule has 0 spiro atoms. The number of rotatable bonds is 3. The molecule has 2 aromatic rings. The van der Waals surface area contributed by atoms with Crippen molar-refractivity contribution in [1.29, 1.82) is 0 Å². The van der Waals surface area contributed by atoms with Gasteiger partial charge in [-0.3, -0.25) is 0 Å². The number of aryl methyl sites for hydroxylation is 2. The molecule has 0 radical (unpaired) electrons. The molecule has 0 aliphatic heterocycles. The average Bonchev–Trinajstić information content (AvgIpc) is 2.63. The van der Waals surface area contributed by atoms with Crippen molar-refractivity contribution in [2.24, 2.45) is 0 Å².